The fraction of sp³-hybridized carbons (Fsp3) is 1.00. The average Bonchev–Trinajstić information content (AvgIpc) is 1.81. The fourth-order valence-corrected chi connectivity index (χ4v) is 1.34. The highest BCUT2D eigenvalue weighted by Crippen LogP contribution is 1.90. The van der Waals surface area contributed by atoms with E-state index in [1.807, 2.05) is 0 Å². The molecule has 0 heterocycles. The number of nitrogens with zero attached hydrogens (tertiary/aromatic N) is 2. The standard InChI is InChI=1S/2C6H16N.2ClH/c2*1-5-6-7(2,3)4;;/h2*5-6H2,1-4H3;2*1H/q2*+1;;/p-2. The van der Waals surface area contributed by atoms with E-state index in [9.17, 15) is 0 Å². The number of quaternary nitrogens is 2. The summed E-state index contributed by atoms with van der Waals surface area (Å²) in [7, 11) is 13.3. The van der Waals surface area contributed by atoms with Crippen LogP contribution in [0.3, 0.4) is 0 Å². The van der Waals surface area contributed by atoms with Crippen LogP contribution < -0.4 is 24.8 Å². The molecular formula is C12H32Cl2N2. The monoisotopic (exact) mass is 274 g/mol. The zero-order valence-electron chi connectivity index (χ0n) is 12.5. The molecule has 0 aliphatic carbocycles. The number of hydrogen-bond acceptors (Lipinski definition) is 0. The largest absolute Gasteiger partial charge is 1.00 e. The van der Waals surface area contributed by atoms with Crippen LogP contribution in [0.1, 0.15) is 26.7 Å². The zero-order chi connectivity index (χ0) is 11.8. The van der Waals surface area contributed by atoms with Crippen molar-refractivity contribution in [1.82, 2.24) is 0 Å². The molecule has 0 atom stereocenters. The van der Waals surface area contributed by atoms with E-state index in [2.05, 4.69) is 56.1 Å². The van der Waals surface area contributed by atoms with Crippen molar-refractivity contribution < 1.29 is 33.8 Å². The Hall–Kier alpha value is 0.500. The average molecular weight is 275 g/mol. The molecule has 0 unspecified atom stereocenters. The lowest BCUT2D eigenvalue weighted by molar-refractivity contribution is -0.870. The molecule has 0 N–H and O–H groups in total. The van der Waals surface area contributed by atoms with Gasteiger partial charge in [-0.05, 0) is 12.8 Å². The van der Waals surface area contributed by atoms with Crippen molar-refractivity contribution >= 4 is 0 Å². The van der Waals surface area contributed by atoms with E-state index >= 15 is 0 Å². The Morgan fingerprint density at radius 2 is 0.750 bits per heavy atom. The Bertz CT molecular complexity index is 110. The first-order chi connectivity index (χ1) is 6.12. The molecule has 0 spiro atoms. The molecule has 0 aliphatic heterocycles. The number of rotatable bonds is 4. The number of hydrogen-bond donors (Lipinski definition) is 0. The van der Waals surface area contributed by atoms with Gasteiger partial charge in [0.1, 0.15) is 0 Å². The highest BCUT2D eigenvalue weighted by atomic mass is 35.5. The summed E-state index contributed by atoms with van der Waals surface area (Å²) < 4.78 is 2.19. The topological polar surface area (TPSA) is 0 Å². The predicted octanol–water partition coefficient (Wildman–Crippen LogP) is -3.79. The van der Waals surface area contributed by atoms with Crippen LogP contribution in [0.2, 0.25) is 0 Å². The van der Waals surface area contributed by atoms with Gasteiger partial charge < -0.3 is 33.8 Å². The third kappa shape index (κ3) is 36.6. The summed E-state index contributed by atoms with van der Waals surface area (Å²) >= 11 is 0. The van der Waals surface area contributed by atoms with Crippen molar-refractivity contribution in [2.24, 2.45) is 0 Å². The Labute approximate surface area is 116 Å². The van der Waals surface area contributed by atoms with Crippen LogP contribution in [-0.4, -0.2) is 64.3 Å². The van der Waals surface area contributed by atoms with Gasteiger partial charge in [0.2, 0.25) is 0 Å². The second kappa shape index (κ2) is 12.0. The maximum atomic E-state index is 2.21. The molecule has 4 heteroatoms. The lowest BCUT2D eigenvalue weighted by atomic mass is 10.4. The van der Waals surface area contributed by atoms with Gasteiger partial charge in [0, 0.05) is 0 Å². The molecule has 0 saturated heterocycles. The minimum atomic E-state index is 0. The Morgan fingerprint density at radius 1 is 0.562 bits per heavy atom. The molecule has 0 saturated carbocycles. The van der Waals surface area contributed by atoms with Crippen LogP contribution in [-0.2, 0) is 0 Å². The van der Waals surface area contributed by atoms with Gasteiger partial charge in [0.15, 0.2) is 0 Å². The third-order valence-electron chi connectivity index (χ3n) is 1.79. The zero-order valence-corrected chi connectivity index (χ0v) is 14.0. The lowest BCUT2D eigenvalue weighted by Crippen LogP contribution is -3.00. The Morgan fingerprint density at radius 3 is 0.750 bits per heavy atom. The maximum Gasteiger partial charge on any atom is 0.0777 e. The molecular weight excluding hydrogens is 243 g/mol. The van der Waals surface area contributed by atoms with Crippen LogP contribution in [0, 0.1) is 0 Å². The molecule has 0 aromatic carbocycles. The summed E-state index contributed by atoms with van der Waals surface area (Å²) in [4.78, 5) is 0. The lowest BCUT2D eigenvalue weighted by Gasteiger charge is -2.22. The molecule has 0 bridgehead atoms. The molecule has 0 rings (SSSR count). The maximum absolute atomic E-state index is 2.21. The Balaban J connectivity index is -0.0000000800. The molecule has 104 valence electrons. The smallest absolute Gasteiger partial charge is 0.0777 e. The molecule has 0 amide bonds. The van der Waals surface area contributed by atoms with Crippen molar-refractivity contribution in [2.75, 3.05) is 55.4 Å². The van der Waals surface area contributed by atoms with Crippen molar-refractivity contribution in [3.8, 4) is 0 Å². The second-order valence-electron chi connectivity index (χ2n) is 6.03. The highest BCUT2D eigenvalue weighted by Gasteiger charge is 2.01. The summed E-state index contributed by atoms with van der Waals surface area (Å²) in [6, 6.07) is 0. The summed E-state index contributed by atoms with van der Waals surface area (Å²) in [5.41, 5.74) is 0. The van der Waals surface area contributed by atoms with Crippen LogP contribution in [0.5, 0.6) is 0 Å². The van der Waals surface area contributed by atoms with E-state index in [4.69, 9.17) is 0 Å². The van der Waals surface area contributed by atoms with Gasteiger partial charge in [-0.3, -0.25) is 0 Å². The quantitative estimate of drug-likeness (QED) is 0.462. The minimum absolute atomic E-state index is 0. The van der Waals surface area contributed by atoms with Gasteiger partial charge in [-0.25, -0.2) is 0 Å². The van der Waals surface area contributed by atoms with Gasteiger partial charge >= 0.3 is 0 Å². The molecule has 0 aromatic heterocycles. The summed E-state index contributed by atoms with van der Waals surface area (Å²) in [5.74, 6) is 0. The first kappa shape index (κ1) is 25.4. The number of halogens is 2. The first-order valence-electron chi connectivity index (χ1n) is 5.73. The summed E-state index contributed by atoms with van der Waals surface area (Å²) in [5, 5.41) is 0. The molecule has 0 fully saturated rings. The first-order valence-corrected chi connectivity index (χ1v) is 5.73. The molecule has 16 heavy (non-hydrogen) atoms. The van der Waals surface area contributed by atoms with Gasteiger partial charge in [0.05, 0.1) is 55.4 Å². The van der Waals surface area contributed by atoms with Gasteiger partial charge in [-0.1, -0.05) is 13.8 Å². The second-order valence-corrected chi connectivity index (χ2v) is 6.03. The summed E-state index contributed by atoms with van der Waals surface area (Å²) in [6.45, 7) is 6.98. The highest BCUT2D eigenvalue weighted by molar-refractivity contribution is 4.21. The van der Waals surface area contributed by atoms with Gasteiger partial charge in [-0.2, -0.15) is 0 Å². The molecule has 2 nitrogen and oxygen atoms in total. The van der Waals surface area contributed by atoms with Gasteiger partial charge in [-0.15, -0.1) is 0 Å². The third-order valence-corrected chi connectivity index (χ3v) is 1.79. The summed E-state index contributed by atoms with van der Waals surface area (Å²) in [6.07, 6.45) is 2.56. The van der Waals surface area contributed by atoms with Crippen LogP contribution in [0.25, 0.3) is 0 Å². The van der Waals surface area contributed by atoms with Crippen molar-refractivity contribution in [2.45, 2.75) is 26.7 Å². The molecule has 0 aliphatic rings. The minimum Gasteiger partial charge on any atom is -1.00 e. The molecule has 0 radical (unpaired) electrons. The van der Waals surface area contributed by atoms with E-state index in [0.717, 1.165) is 8.97 Å². The van der Waals surface area contributed by atoms with Crippen molar-refractivity contribution in [3.63, 3.8) is 0 Å². The van der Waals surface area contributed by atoms with Crippen molar-refractivity contribution in [3.05, 3.63) is 0 Å². The van der Waals surface area contributed by atoms with E-state index in [0.29, 0.717) is 0 Å². The van der Waals surface area contributed by atoms with E-state index in [1.165, 1.54) is 25.9 Å². The van der Waals surface area contributed by atoms with E-state index in [1.54, 1.807) is 0 Å². The normalized spacial score (nSPS) is 10.5. The van der Waals surface area contributed by atoms with Crippen LogP contribution in [0.15, 0.2) is 0 Å². The predicted molar refractivity (Wildman–Crippen MR) is 66.4 cm³/mol. The Kier molecular flexibility index (Phi) is 19.0. The van der Waals surface area contributed by atoms with E-state index in [-0.39, 0.29) is 24.8 Å². The molecule has 0 aromatic rings. The SMILES string of the molecule is CCC[N+](C)(C)C.CCC[N+](C)(C)C.[Cl-].[Cl-]. The van der Waals surface area contributed by atoms with Crippen LogP contribution >= 0.6 is 0 Å². The fourth-order valence-electron chi connectivity index (χ4n) is 1.34. The van der Waals surface area contributed by atoms with Crippen LogP contribution in [0.4, 0.5) is 0 Å². The van der Waals surface area contributed by atoms with Gasteiger partial charge in [0.25, 0.3) is 0 Å². The van der Waals surface area contributed by atoms with E-state index < -0.39 is 0 Å². The van der Waals surface area contributed by atoms with Crippen molar-refractivity contribution in [1.29, 1.82) is 0 Å².